The van der Waals surface area contributed by atoms with Crippen LogP contribution in [0.1, 0.15) is 16.7 Å². The van der Waals surface area contributed by atoms with Crippen LogP contribution in [0.3, 0.4) is 0 Å². The molecule has 0 fully saturated rings. The minimum Gasteiger partial charge on any atom is -0.368 e. The molecule has 12 heteroatoms. The van der Waals surface area contributed by atoms with Crippen LogP contribution in [0.5, 0.6) is 0 Å². The molecule has 0 unspecified atom stereocenters. The minimum atomic E-state index is -4.58. The Bertz CT molecular complexity index is 751. The number of nitrogens with two attached hydrogens (primary N) is 3. The summed E-state index contributed by atoms with van der Waals surface area (Å²) in [5.41, 5.74) is 7.24. The third-order valence-corrected chi connectivity index (χ3v) is 3.20. The van der Waals surface area contributed by atoms with E-state index in [4.69, 9.17) is 17.4 Å². The van der Waals surface area contributed by atoms with E-state index in [0.29, 0.717) is 5.56 Å². The van der Waals surface area contributed by atoms with Gasteiger partial charge in [0, 0.05) is 12.1 Å². The first kappa shape index (κ1) is 17.3. The van der Waals surface area contributed by atoms with Crippen LogP contribution >= 0.6 is 0 Å². The molecule has 24 heavy (non-hydrogen) atoms. The summed E-state index contributed by atoms with van der Waals surface area (Å²) in [5.74, 6) is 10.4. The summed E-state index contributed by atoms with van der Waals surface area (Å²) < 4.78 is 40.2. The molecule has 1 aromatic carbocycles. The van der Waals surface area contributed by atoms with Gasteiger partial charge in [-0.15, -0.1) is 5.10 Å². The van der Waals surface area contributed by atoms with Gasteiger partial charge in [-0.05, 0) is 30.2 Å². The van der Waals surface area contributed by atoms with Crippen molar-refractivity contribution in [1.29, 1.82) is 0 Å². The van der Waals surface area contributed by atoms with Crippen LogP contribution in [0.25, 0.3) is 0 Å². The van der Waals surface area contributed by atoms with E-state index in [1.165, 1.54) is 13.0 Å². The van der Waals surface area contributed by atoms with Crippen molar-refractivity contribution < 1.29 is 13.2 Å². The van der Waals surface area contributed by atoms with Crippen LogP contribution in [0.15, 0.2) is 17.2 Å². The predicted octanol–water partition coefficient (Wildman–Crippen LogP) is 0.736. The molecular weight excluding hydrogens is 327 g/mol. The highest BCUT2D eigenvalue weighted by Gasteiger charge is 2.34. The molecular formula is C12H16F3N9. The predicted molar refractivity (Wildman–Crippen MR) is 82.9 cm³/mol. The average Bonchev–Trinajstić information content (AvgIpc) is 2.90. The van der Waals surface area contributed by atoms with Gasteiger partial charge in [0.15, 0.2) is 0 Å². The molecule has 0 aliphatic heterocycles. The van der Waals surface area contributed by atoms with Gasteiger partial charge < -0.3 is 22.3 Å². The summed E-state index contributed by atoms with van der Waals surface area (Å²) in [4.78, 5) is 3.78. The number of H-pyrrole nitrogens is 1. The number of aromatic nitrogens is 3. The van der Waals surface area contributed by atoms with Crippen LogP contribution in [-0.4, -0.2) is 21.0 Å². The van der Waals surface area contributed by atoms with E-state index in [2.05, 4.69) is 31.0 Å². The SMILES string of the molecule is Cc1cc(Nc2n[nH]c(N)n2)cc(C(F)(F)F)c1C/C(=N/N)NN. The Kier molecular flexibility index (Phi) is 4.78. The summed E-state index contributed by atoms with van der Waals surface area (Å²) in [6, 6.07) is 2.46. The first-order valence-electron chi connectivity index (χ1n) is 6.63. The molecule has 0 atom stereocenters. The largest absolute Gasteiger partial charge is 0.416 e. The second-order valence-electron chi connectivity index (χ2n) is 4.88. The number of rotatable bonds is 4. The Balaban J connectivity index is 2.45. The van der Waals surface area contributed by atoms with Crippen molar-refractivity contribution in [3.8, 4) is 0 Å². The number of anilines is 3. The van der Waals surface area contributed by atoms with E-state index in [9.17, 15) is 13.2 Å². The molecule has 9 nitrogen and oxygen atoms in total. The van der Waals surface area contributed by atoms with E-state index in [1.807, 2.05) is 0 Å². The molecule has 1 heterocycles. The molecule has 0 spiro atoms. The number of nitrogens with zero attached hydrogens (tertiary/aromatic N) is 3. The van der Waals surface area contributed by atoms with Crippen LogP contribution in [-0.2, 0) is 12.6 Å². The van der Waals surface area contributed by atoms with Crippen LogP contribution in [0.4, 0.5) is 30.8 Å². The lowest BCUT2D eigenvalue weighted by molar-refractivity contribution is -0.138. The van der Waals surface area contributed by atoms with Crippen molar-refractivity contribution in [3.63, 3.8) is 0 Å². The van der Waals surface area contributed by atoms with Crippen LogP contribution in [0.2, 0.25) is 0 Å². The van der Waals surface area contributed by atoms with Gasteiger partial charge in [0.2, 0.25) is 11.9 Å². The molecule has 0 amide bonds. The number of benzene rings is 1. The Morgan fingerprint density at radius 1 is 1.38 bits per heavy atom. The van der Waals surface area contributed by atoms with Gasteiger partial charge in [-0.1, -0.05) is 0 Å². The number of nitrogen functional groups attached to an aromatic ring is 1. The Labute approximate surface area is 134 Å². The maximum absolute atomic E-state index is 13.4. The van der Waals surface area contributed by atoms with Gasteiger partial charge in [-0.3, -0.25) is 0 Å². The molecule has 2 rings (SSSR count). The Morgan fingerprint density at radius 2 is 2.08 bits per heavy atom. The van der Waals surface area contributed by atoms with Crippen molar-refractivity contribution >= 4 is 23.4 Å². The normalized spacial score (nSPS) is 12.3. The number of hydrogen-bond donors (Lipinski definition) is 6. The highest BCUT2D eigenvalue weighted by molar-refractivity contribution is 5.84. The second kappa shape index (κ2) is 6.62. The lowest BCUT2D eigenvalue weighted by Gasteiger charge is -2.18. The fourth-order valence-electron chi connectivity index (χ4n) is 2.14. The number of amidine groups is 1. The maximum atomic E-state index is 13.4. The van der Waals surface area contributed by atoms with Gasteiger partial charge in [0.05, 0.1) is 5.56 Å². The fraction of sp³-hybridized carbons (Fsp3) is 0.250. The maximum Gasteiger partial charge on any atom is 0.416 e. The highest BCUT2D eigenvalue weighted by atomic mass is 19.4. The van der Waals surface area contributed by atoms with E-state index < -0.39 is 11.7 Å². The molecule has 0 saturated heterocycles. The number of nitrogens with one attached hydrogen (secondary N) is 3. The number of aryl methyl sites for hydroxylation is 1. The summed E-state index contributed by atoms with van der Waals surface area (Å²) >= 11 is 0. The third kappa shape index (κ3) is 3.84. The summed E-state index contributed by atoms with van der Waals surface area (Å²) in [6.07, 6.45) is -4.77. The van der Waals surface area contributed by atoms with Crippen molar-refractivity contribution in [3.05, 3.63) is 28.8 Å². The van der Waals surface area contributed by atoms with Gasteiger partial charge in [-0.2, -0.15) is 23.3 Å². The molecule has 2 aromatic rings. The Hall–Kier alpha value is -3.02. The van der Waals surface area contributed by atoms with E-state index in [-0.39, 0.29) is 35.4 Å². The number of hydrogen-bond acceptors (Lipinski definition) is 7. The Morgan fingerprint density at radius 3 is 2.58 bits per heavy atom. The van der Waals surface area contributed by atoms with Crippen molar-refractivity contribution in [2.75, 3.05) is 11.1 Å². The molecule has 1 aromatic heterocycles. The summed E-state index contributed by atoms with van der Waals surface area (Å²) in [6.45, 7) is 1.53. The van der Waals surface area contributed by atoms with Crippen LogP contribution < -0.4 is 28.2 Å². The first-order valence-corrected chi connectivity index (χ1v) is 6.63. The molecule has 130 valence electrons. The smallest absolute Gasteiger partial charge is 0.368 e. The lowest BCUT2D eigenvalue weighted by Crippen LogP contribution is -2.33. The summed E-state index contributed by atoms with van der Waals surface area (Å²) in [7, 11) is 0. The quantitative estimate of drug-likeness (QED) is 0.207. The topological polar surface area (TPSA) is 156 Å². The van der Waals surface area contributed by atoms with E-state index >= 15 is 0 Å². The second-order valence-corrected chi connectivity index (χ2v) is 4.88. The van der Waals surface area contributed by atoms with Crippen molar-refractivity contribution in [2.45, 2.75) is 19.5 Å². The minimum absolute atomic E-state index is 0.00435. The van der Waals surface area contributed by atoms with Gasteiger partial charge in [0.1, 0.15) is 5.84 Å². The number of halogens is 3. The lowest BCUT2D eigenvalue weighted by atomic mass is 9.97. The average molecular weight is 343 g/mol. The molecule has 0 bridgehead atoms. The monoisotopic (exact) mass is 343 g/mol. The highest BCUT2D eigenvalue weighted by Crippen LogP contribution is 2.36. The number of hydrazone groups is 1. The van der Waals surface area contributed by atoms with E-state index in [0.717, 1.165) is 6.07 Å². The van der Waals surface area contributed by atoms with Gasteiger partial charge in [0.25, 0.3) is 0 Å². The first-order chi connectivity index (χ1) is 11.2. The molecule has 0 radical (unpaired) electrons. The van der Waals surface area contributed by atoms with Gasteiger partial charge in [-0.25, -0.2) is 10.9 Å². The third-order valence-electron chi connectivity index (χ3n) is 3.20. The zero-order chi connectivity index (χ0) is 17.9. The molecule has 0 aliphatic carbocycles. The molecule has 0 saturated carbocycles. The number of hydrazine groups is 1. The van der Waals surface area contributed by atoms with Crippen molar-refractivity contribution in [1.82, 2.24) is 20.6 Å². The standard InChI is InChI=1S/C12H16F3N9/c1-5-2-6(19-11-20-10(16)23-24-11)3-8(12(13,14)15)7(5)4-9(21-17)22-18/h2-3H,4,17-18H2,1H3,(H,21,22)(H4,16,19,20,23,24). The van der Waals surface area contributed by atoms with Crippen LogP contribution in [0, 0.1) is 6.92 Å². The molecule has 9 N–H and O–H groups in total. The number of alkyl halides is 3. The number of aromatic amines is 1. The van der Waals surface area contributed by atoms with Crippen molar-refractivity contribution in [2.24, 2.45) is 16.8 Å². The summed E-state index contributed by atoms with van der Waals surface area (Å²) in [5, 5.41) is 12.1. The molecule has 0 aliphatic rings. The zero-order valence-electron chi connectivity index (χ0n) is 12.6. The fourth-order valence-corrected chi connectivity index (χ4v) is 2.14. The van der Waals surface area contributed by atoms with Gasteiger partial charge >= 0.3 is 6.18 Å². The van der Waals surface area contributed by atoms with E-state index in [1.54, 1.807) is 0 Å². The zero-order valence-corrected chi connectivity index (χ0v) is 12.6.